The van der Waals surface area contributed by atoms with E-state index in [4.69, 9.17) is 9.15 Å². The molecule has 0 bridgehead atoms. The first-order valence-corrected chi connectivity index (χ1v) is 18.4. The normalized spacial score (nSPS) is 14.9. The zero-order valence-electron chi connectivity index (χ0n) is 29.3. The highest BCUT2D eigenvalue weighted by atomic mass is 16.5. The van der Waals surface area contributed by atoms with Crippen molar-refractivity contribution in [2.45, 2.75) is 5.41 Å². The highest BCUT2D eigenvalue weighted by molar-refractivity contribution is 5.96. The number of ether oxygens (including phenoxy) is 1. The summed E-state index contributed by atoms with van der Waals surface area (Å²) in [6.45, 7) is 0. The second kappa shape index (κ2) is 12.0. The Balaban J connectivity index is 1.18. The quantitative estimate of drug-likeness (QED) is 0.180. The van der Waals surface area contributed by atoms with Gasteiger partial charge in [-0.05, 0) is 87.5 Å². The third-order valence-corrected chi connectivity index (χ3v) is 11.1. The Bertz CT molecular complexity index is 2870. The first-order chi connectivity index (χ1) is 26.8. The number of anilines is 3. The molecule has 0 amide bonds. The third kappa shape index (κ3) is 4.42. The topological polar surface area (TPSA) is 25.6 Å². The summed E-state index contributed by atoms with van der Waals surface area (Å²) in [5.74, 6) is 2.45. The summed E-state index contributed by atoms with van der Waals surface area (Å²) in [7, 11) is 0. The van der Waals surface area contributed by atoms with Crippen LogP contribution in [0.3, 0.4) is 0 Å². The SMILES string of the molecule is c1ccc(-c2cccc(N(c3ccc4c(c3)-c3ccccc3[C@]43c4ccccc4Oc4c3oc3ccccc43)c3ccccc3-c3ccccc3)c2)cc1. The number of benzene rings is 8. The lowest BCUT2D eigenvalue weighted by Gasteiger charge is -2.36. The summed E-state index contributed by atoms with van der Waals surface area (Å²) in [5.41, 5.74) is 13.8. The molecule has 1 atom stereocenters. The number of hydrogen-bond donors (Lipinski definition) is 0. The molecule has 2 heterocycles. The van der Waals surface area contributed by atoms with Crippen molar-refractivity contribution in [3.8, 4) is 44.9 Å². The van der Waals surface area contributed by atoms with Crippen LogP contribution in [0.2, 0.25) is 0 Å². The fraction of sp³-hybridized carbons (Fsp3) is 0.0196. The van der Waals surface area contributed by atoms with E-state index in [-0.39, 0.29) is 0 Å². The molecule has 11 rings (SSSR count). The molecule has 3 heteroatoms. The number of fused-ring (bicyclic) bond motifs is 11. The van der Waals surface area contributed by atoms with E-state index >= 15 is 0 Å². The zero-order chi connectivity index (χ0) is 35.6. The van der Waals surface area contributed by atoms with Gasteiger partial charge < -0.3 is 14.1 Å². The first-order valence-electron chi connectivity index (χ1n) is 18.4. The van der Waals surface area contributed by atoms with Crippen molar-refractivity contribution >= 4 is 28.0 Å². The van der Waals surface area contributed by atoms with E-state index < -0.39 is 5.41 Å². The molecule has 9 aromatic rings. The molecule has 1 aliphatic heterocycles. The molecule has 0 saturated heterocycles. The Labute approximate surface area is 314 Å². The molecular weight excluding hydrogens is 659 g/mol. The predicted octanol–water partition coefficient (Wildman–Crippen LogP) is 13.7. The van der Waals surface area contributed by atoms with Gasteiger partial charge in [-0.3, -0.25) is 0 Å². The van der Waals surface area contributed by atoms with Crippen LogP contribution < -0.4 is 9.64 Å². The van der Waals surface area contributed by atoms with Crippen LogP contribution in [0.15, 0.2) is 205 Å². The smallest absolute Gasteiger partial charge is 0.178 e. The lowest BCUT2D eigenvalue weighted by Crippen LogP contribution is -2.31. The third-order valence-electron chi connectivity index (χ3n) is 11.1. The molecule has 54 heavy (non-hydrogen) atoms. The molecule has 0 unspecified atom stereocenters. The minimum absolute atomic E-state index is 0.701. The van der Waals surface area contributed by atoms with Gasteiger partial charge >= 0.3 is 0 Å². The summed E-state index contributed by atoms with van der Waals surface area (Å²) in [6.07, 6.45) is 0. The minimum Gasteiger partial charge on any atom is -0.455 e. The summed E-state index contributed by atoms with van der Waals surface area (Å²) < 4.78 is 13.6. The fourth-order valence-corrected chi connectivity index (χ4v) is 8.83. The van der Waals surface area contributed by atoms with Crippen LogP contribution in [0.1, 0.15) is 22.5 Å². The van der Waals surface area contributed by atoms with Gasteiger partial charge in [0.1, 0.15) is 16.7 Å². The van der Waals surface area contributed by atoms with E-state index in [2.05, 4.69) is 187 Å². The molecule has 8 aromatic carbocycles. The van der Waals surface area contributed by atoms with E-state index in [1.165, 1.54) is 33.4 Å². The Kier molecular flexibility index (Phi) is 6.77. The van der Waals surface area contributed by atoms with Crippen LogP contribution in [0, 0.1) is 0 Å². The predicted molar refractivity (Wildman–Crippen MR) is 219 cm³/mol. The molecule has 0 radical (unpaired) electrons. The molecule has 0 fully saturated rings. The minimum atomic E-state index is -0.701. The van der Waals surface area contributed by atoms with Crippen molar-refractivity contribution in [3.05, 3.63) is 223 Å². The van der Waals surface area contributed by atoms with Crippen molar-refractivity contribution < 1.29 is 9.15 Å². The van der Waals surface area contributed by atoms with Crippen LogP contribution in [0.4, 0.5) is 17.1 Å². The van der Waals surface area contributed by atoms with E-state index in [0.29, 0.717) is 0 Å². The van der Waals surface area contributed by atoms with Crippen LogP contribution in [-0.2, 0) is 5.41 Å². The van der Waals surface area contributed by atoms with Gasteiger partial charge in [0.05, 0.1) is 11.1 Å². The standard InChI is InChI=1S/C51H33NO2/c1-3-16-34(17-4-1)36-20-15-21-37(32-36)52(46-27-12-8-22-39(46)35-18-5-2-6-19-35)38-30-31-44-42(33-38)40-23-7-10-25-43(40)51(44)45-26-11-14-29-48(45)53-49-41-24-9-13-28-47(41)54-50(49)51/h1-33H/t51-/m1/s1. The van der Waals surface area contributed by atoms with Gasteiger partial charge in [-0.25, -0.2) is 0 Å². The molecule has 1 spiro atoms. The van der Waals surface area contributed by atoms with E-state index in [1.807, 2.05) is 18.2 Å². The van der Waals surface area contributed by atoms with Crippen molar-refractivity contribution in [1.82, 2.24) is 0 Å². The molecule has 254 valence electrons. The van der Waals surface area contributed by atoms with Crippen LogP contribution in [-0.4, -0.2) is 0 Å². The Hall–Kier alpha value is -7.10. The van der Waals surface area contributed by atoms with Crippen molar-refractivity contribution in [2.75, 3.05) is 4.90 Å². The van der Waals surface area contributed by atoms with Crippen LogP contribution in [0.25, 0.3) is 44.3 Å². The molecule has 0 N–H and O–H groups in total. The van der Waals surface area contributed by atoms with Crippen molar-refractivity contribution in [1.29, 1.82) is 0 Å². The van der Waals surface area contributed by atoms with Gasteiger partial charge in [0.2, 0.25) is 0 Å². The monoisotopic (exact) mass is 691 g/mol. The van der Waals surface area contributed by atoms with Gasteiger partial charge in [0.25, 0.3) is 0 Å². The lowest BCUT2D eigenvalue weighted by molar-refractivity contribution is 0.389. The average Bonchev–Trinajstić information content (AvgIpc) is 3.76. The van der Waals surface area contributed by atoms with Gasteiger partial charge in [0.15, 0.2) is 11.5 Å². The molecule has 1 aromatic heterocycles. The highest BCUT2D eigenvalue weighted by Gasteiger charge is 2.54. The number of hydrogen-bond acceptors (Lipinski definition) is 3. The largest absolute Gasteiger partial charge is 0.455 e. The second-order valence-electron chi connectivity index (χ2n) is 14.0. The van der Waals surface area contributed by atoms with Crippen LogP contribution >= 0.6 is 0 Å². The Morgan fingerprint density at radius 3 is 1.89 bits per heavy atom. The Morgan fingerprint density at radius 2 is 1.04 bits per heavy atom. The highest BCUT2D eigenvalue weighted by Crippen LogP contribution is 2.64. The van der Waals surface area contributed by atoms with Crippen molar-refractivity contribution in [2.24, 2.45) is 0 Å². The summed E-state index contributed by atoms with van der Waals surface area (Å²) in [5, 5.41) is 0.978. The van der Waals surface area contributed by atoms with E-state index in [1.54, 1.807) is 0 Å². The zero-order valence-corrected chi connectivity index (χ0v) is 29.3. The van der Waals surface area contributed by atoms with E-state index in [9.17, 15) is 0 Å². The molecule has 1 aliphatic carbocycles. The summed E-state index contributed by atoms with van der Waals surface area (Å²) in [4.78, 5) is 2.41. The van der Waals surface area contributed by atoms with Crippen molar-refractivity contribution in [3.63, 3.8) is 0 Å². The molecule has 3 nitrogen and oxygen atoms in total. The molecule has 2 aliphatic rings. The summed E-state index contributed by atoms with van der Waals surface area (Å²) >= 11 is 0. The maximum Gasteiger partial charge on any atom is 0.178 e. The number of para-hydroxylation sites is 3. The first kappa shape index (κ1) is 30.5. The van der Waals surface area contributed by atoms with Gasteiger partial charge in [-0.15, -0.1) is 0 Å². The second-order valence-corrected chi connectivity index (χ2v) is 14.0. The maximum absolute atomic E-state index is 6.90. The number of nitrogens with zero attached hydrogens (tertiary/aromatic N) is 1. The summed E-state index contributed by atoms with van der Waals surface area (Å²) in [6, 6.07) is 71.3. The Morgan fingerprint density at radius 1 is 0.407 bits per heavy atom. The average molecular weight is 692 g/mol. The molecule has 0 saturated carbocycles. The van der Waals surface area contributed by atoms with Gasteiger partial charge in [-0.2, -0.15) is 0 Å². The van der Waals surface area contributed by atoms with Crippen LogP contribution in [0.5, 0.6) is 11.5 Å². The number of furan rings is 1. The maximum atomic E-state index is 6.90. The van der Waals surface area contributed by atoms with Gasteiger partial charge in [0, 0.05) is 22.5 Å². The van der Waals surface area contributed by atoms with Gasteiger partial charge in [-0.1, -0.05) is 152 Å². The fourth-order valence-electron chi connectivity index (χ4n) is 8.83. The number of rotatable bonds is 5. The lowest BCUT2D eigenvalue weighted by atomic mass is 9.69. The molecular formula is C51H33NO2. The van der Waals surface area contributed by atoms with E-state index in [0.717, 1.165) is 62.0 Å².